The number of carbonyl (C=O) groups is 1. The third-order valence-electron chi connectivity index (χ3n) is 6.00. The van der Waals surface area contributed by atoms with Crippen LogP contribution in [0.5, 0.6) is 0 Å². The molecule has 0 aliphatic carbocycles. The second-order valence-electron chi connectivity index (χ2n) is 10.1. The van der Waals surface area contributed by atoms with Crippen LogP contribution in [0.25, 0.3) is 33.2 Å². The lowest BCUT2D eigenvalue weighted by Gasteiger charge is -2.15. The summed E-state index contributed by atoms with van der Waals surface area (Å²) < 4.78 is 7.93. The van der Waals surface area contributed by atoms with Gasteiger partial charge in [0, 0.05) is 26.5 Å². The minimum Gasteiger partial charge on any atom is -0.360 e. The first-order chi connectivity index (χ1) is 16.9. The summed E-state index contributed by atoms with van der Waals surface area (Å²) in [4.78, 5) is 12.5. The van der Waals surface area contributed by atoms with Gasteiger partial charge in [-0.05, 0) is 46.9 Å². The maximum atomic E-state index is 12.5. The fraction of sp³-hybridized carbons (Fsp3) is 0.310. The van der Waals surface area contributed by atoms with Crippen LogP contribution in [-0.4, -0.2) is 30.4 Å². The molecular weight excluding hydrogens is 450 g/mol. The second-order valence-corrected chi connectivity index (χ2v) is 15.8. The van der Waals surface area contributed by atoms with Crippen molar-refractivity contribution in [3.8, 4) is 22.3 Å². The van der Waals surface area contributed by atoms with Gasteiger partial charge in [0.2, 0.25) is 5.91 Å². The molecule has 0 saturated carbocycles. The predicted molar refractivity (Wildman–Crippen MR) is 148 cm³/mol. The van der Waals surface area contributed by atoms with Crippen LogP contribution in [-0.2, 0) is 16.3 Å². The first kappa shape index (κ1) is 24.9. The monoisotopic (exact) mass is 485 g/mol. The van der Waals surface area contributed by atoms with Gasteiger partial charge < -0.3 is 10.1 Å². The molecule has 4 aromatic rings. The van der Waals surface area contributed by atoms with Crippen molar-refractivity contribution in [2.75, 3.05) is 11.9 Å². The summed E-state index contributed by atoms with van der Waals surface area (Å²) in [5.74, 6) is 0.566. The summed E-state index contributed by atoms with van der Waals surface area (Å²) >= 11 is 0. The van der Waals surface area contributed by atoms with Crippen LogP contribution in [0.15, 0.2) is 72.8 Å². The zero-order chi connectivity index (χ0) is 24.8. The third-order valence-corrected chi connectivity index (χ3v) is 7.71. The van der Waals surface area contributed by atoms with Gasteiger partial charge in [0.1, 0.15) is 6.73 Å². The van der Waals surface area contributed by atoms with E-state index in [4.69, 9.17) is 9.84 Å². The van der Waals surface area contributed by atoms with Crippen LogP contribution in [0.1, 0.15) is 19.8 Å². The molecule has 1 heterocycles. The molecule has 0 aliphatic heterocycles. The van der Waals surface area contributed by atoms with Crippen molar-refractivity contribution >= 4 is 30.7 Å². The molecule has 182 valence electrons. The molecule has 5 nitrogen and oxygen atoms in total. The Kier molecular flexibility index (Phi) is 7.83. The predicted octanol–water partition coefficient (Wildman–Crippen LogP) is 7.42. The molecule has 0 fully saturated rings. The molecule has 0 radical (unpaired) electrons. The van der Waals surface area contributed by atoms with Crippen LogP contribution in [0.2, 0.25) is 25.7 Å². The highest BCUT2D eigenvalue weighted by Gasteiger charge is 2.18. The van der Waals surface area contributed by atoms with Gasteiger partial charge in [0.25, 0.3) is 0 Å². The Bertz CT molecular complexity index is 1280. The van der Waals surface area contributed by atoms with Gasteiger partial charge in [-0.15, -0.1) is 0 Å². The molecule has 0 bridgehead atoms. The topological polar surface area (TPSA) is 56.2 Å². The highest BCUT2D eigenvalue weighted by Crippen LogP contribution is 2.38. The first-order valence-corrected chi connectivity index (χ1v) is 16.1. The number of aromatic nitrogens is 2. The SMILES string of the molecule is CCCC(=O)Nc1nn(COCC[Si](C)(C)C)c2cc(-c3ccccc3)c(-c3ccccc3)cc12. The van der Waals surface area contributed by atoms with Gasteiger partial charge in [-0.1, -0.05) is 87.2 Å². The summed E-state index contributed by atoms with van der Waals surface area (Å²) in [5.41, 5.74) is 5.44. The Morgan fingerprint density at radius 1 is 0.943 bits per heavy atom. The number of hydrogen-bond acceptors (Lipinski definition) is 3. The van der Waals surface area contributed by atoms with E-state index in [1.165, 1.54) is 0 Å². The minimum atomic E-state index is -1.18. The zero-order valence-corrected chi connectivity index (χ0v) is 22.2. The first-order valence-electron chi connectivity index (χ1n) is 12.4. The number of anilines is 1. The molecule has 6 heteroatoms. The van der Waals surface area contributed by atoms with E-state index in [1.807, 2.05) is 35.9 Å². The summed E-state index contributed by atoms with van der Waals surface area (Å²) in [7, 11) is -1.18. The Labute approximate surface area is 209 Å². The van der Waals surface area contributed by atoms with Gasteiger partial charge in [-0.2, -0.15) is 5.10 Å². The van der Waals surface area contributed by atoms with E-state index in [-0.39, 0.29) is 5.91 Å². The van der Waals surface area contributed by atoms with E-state index in [2.05, 4.69) is 73.5 Å². The van der Waals surface area contributed by atoms with Crippen LogP contribution in [0.3, 0.4) is 0 Å². The number of fused-ring (bicyclic) bond motifs is 1. The average molecular weight is 486 g/mol. The number of benzene rings is 3. The highest BCUT2D eigenvalue weighted by atomic mass is 28.3. The van der Waals surface area contributed by atoms with Gasteiger partial charge in [-0.3, -0.25) is 4.79 Å². The second kappa shape index (κ2) is 11.0. The molecule has 0 unspecified atom stereocenters. The molecule has 3 aromatic carbocycles. The van der Waals surface area contributed by atoms with E-state index in [0.29, 0.717) is 25.6 Å². The molecule has 35 heavy (non-hydrogen) atoms. The number of amides is 1. The standard InChI is InChI=1S/C29H35N3O2Si/c1-5-12-28(33)30-29-26-19-24(22-13-8-6-9-14-22)25(23-15-10-7-11-16-23)20-27(26)32(31-29)21-34-17-18-35(2,3)4/h6-11,13-16,19-20H,5,12,17-18,21H2,1-4H3,(H,30,31,33). The molecular formula is C29H35N3O2Si. The van der Waals surface area contributed by atoms with E-state index in [0.717, 1.165) is 45.6 Å². The smallest absolute Gasteiger partial charge is 0.225 e. The van der Waals surface area contributed by atoms with Crippen molar-refractivity contribution in [2.45, 2.75) is 52.2 Å². The lowest BCUT2D eigenvalue weighted by Crippen LogP contribution is -2.22. The summed E-state index contributed by atoms with van der Waals surface area (Å²) in [6, 6.07) is 26.2. The Balaban J connectivity index is 1.82. The van der Waals surface area contributed by atoms with Crippen molar-refractivity contribution < 1.29 is 9.53 Å². The van der Waals surface area contributed by atoms with Crippen LogP contribution >= 0.6 is 0 Å². The van der Waals surface area contributed by atoms with Gasteiger partial charge >= 0.3 is 0 Å². The van der Waals surface area contributed by atoms with Crippen LogP contribution < -0.4 is 5.32 Å². The van der Waals surface area contributed by atoms with Gasteiger partial charge in [0.15, 0.2) is 5.82 Å². The van der Waals surface area contributed by atoms with E-state index < -0.39 is 8.07 Å². The Morgan fingerprint density at radius 3 is 2.11 bits per heavy atom. The summed E-state index contributed by atoms with van der Waals surface area (Å²) in [6.45, 7) is 10.1. The average Bonchev–Trinajstić information content (AvgIpc) is 3.18. The van der Waals surface area contributed by atoms with E-state index in [1.54, 1.807) is 0 Å². The maximum absolute atomic E-state index is 12.5. The van der Waals surface area contributed by atoms with Crippen LogP contribution in [0.4, 0.5) is 5.82 Å². The van der Waals surface area contributed by atoms with E-state index >= 15 is 0 Å². The molecule has 0 atom stereocenters. The number of carbonyl (C=O) groups excluding carboxylic acids is 1. The molecule has 1 amide bonds. The molecule has 0 spiro atoms. The largest absolute Gasteiger partial charge is 0.360 e. The lowest BCUT2D eigenvalue weighted by atomic mass is 9.93. The van der Waals surface area contributed by atoms with Gasteiger partial charge in [0.05, 0.1) is 5.52 Å². The number of hydrogen-bond donors (Lipinski definition) is 1. The molecule has 1 aromatic heterocycles. The summed E-state index contributed by atoms with van der Waals surface area (Å²) in [6.07, 6.45) is 1.26. The highest BCUT2D eigenvalue weighted by molar-refractivity contribution is 6.76. The third kappa shape index (κ3) is 6.27. The number of nitrogens with one attached hydrogen (secondary N) is 1. The van der Waals surface area contributed by atoms with Crippen LogP contribution in [0, 0.1) is 0 Å². The van der Waals surface area contributed by atoms with Crippen molar-refractivity contribution in [1.29, 1.82) is 0 Å². The number of ether oxygens (including phenoxy) is 1. The molecule has 4 rings (SSSR count). The molecule has 0 saturated heterocycles. The number of nitrogens with zero attached hydrogens (tertiary/aromatic N) is 2. The minimum absolute atomic E-state index is 0.0212. The van der Waals surface area contributed by atoms with Crippen molar-refractivity contribution in [3.05, 3.63) is 72.8 Å². The van der Waals surface area contributed by atoms with E-state index in [9.17, 15) is 4.79 Å². The number of rotatable bonds is 10. The zero-order valence-electron chi connectivity index (χ0n) is 21.2. The van der Waals surface area contributed by atoms with Crippen molar-refractivity contribution in [1.82, 2.24) is 9.78 Å². The van der Waals surface area contributed by atoms with Crippen molar-refractivity contribution in [2.24, 2.45) is 0 Å². The lowest BCUT2D eigenvalue weighted by molar-refractivity contribution is -0.116. The van der Waals surface area contributed by atoms with Crippen molar-refractivity contribution in [3.63, 3.8) is 0 Å². The quantitative estimate of drug-likeness (QED) is 0.188. The fourth-order valence-corrected chi connectivity index (χ4v) is 4.83. The maximum Gasteiger partial charge on any atom is 0.225 e. The Morgan fingerprint density at radius 2 is 1.54 bits per heavy atom. The fourth-order valence-electron chi connectivity index (χ4n) is 4.07. The Hall–Kier alpha value is -3.22. The summed E-state index contributed by atoms with van der Waals surface area (Å²) in [5, 5.41) is 8.74. The molecule has 1 N–H and O–H groups in total. The molecule has 0 aliphatic rings. The van der Waals surface area contributed by atoms with Gasteiger partial charge in [-0.25, -0.2) is 4.68 Å². The normalized spacial score (nSPS) is 11.7.